The molecule has 0 saturated carbocycles. The van der Waals surface area contributed by atoms with Crippen molar-refractivity contribution in [1.82, 2.24) is 15.0 Å². The van der Waals surface area contributed by atoms with E-state index in [2.05, 4.69) is 41.3 Å². The normalized spacial score (nSPS) is 14.4. The highest BCUT2D eigenvalue weighted by atomic mass is 16.6. The number of nitrogens with zero attached hydrogens (tertiary/aromatic N) is 3. The molecule has 1 amide bonds. The SMILES string of the molecule is CCCCCCCCCCc1ccc(-c2noc(C3CN(C(=O)OC(C)(C)C)C3)n2)cc1. The number of likely N-dealkylation sites (tertiary alicyclic amines) is 1. The summed E-state index contributed by atoms with van der Waals surface area (Å²) >= 11 is 0. The molecule has 1 aromatic carbocycles. The van der Waals surface area contributed by atoms with E-state index >= 15 is 0 Å². The molecule has 0 unspecified atom stereocenters. The number of aromatic nitrogens is 2. The van der Waals surface area contributed by atoms with E-state index < -0.39 is 5.60 Å². The third-order valence-corrected chi connectivity index (χ3v) is 5.86. The zero-order chi connectivity index (χ0) is 23.0. The molecule has 1 aromatic heterocycles. The summed E-state index contributed by atoms with van der Waals surface area (Å²) in [7, 11) is 0. The van der Waals surface area contributed by atoms with E-state index in [1.54, 1.807) is 4.90 Å². The van der Waals surface area contributed by atoms with Gasteiger partial charge in [-0.15, -0.1) is 0 Å². The van der Waals surface area contributed by atoms with Crippen molar-refractivity contribution in [3.63, 3.8) is 0 Å². The van der Waals surface area contributed by atoms with Gasteiger partial charge in [-0.1, -0.05) is 81.3 Å². The van der Waals surface area contributed by atoms with E-state index in [-0.39, 0.29) is 12.0 Å². The number of carbonyl (C=O) groups excluding carboxylic acids is 1. The van der Waals surface area contributed by atoms with Gasteiger partial charge in [0.1, 0.15) is 5.60 Å². The molecule has 1 fully saturated rings. The standard InChI is InChI=1S/C26H39N3O3/c1-5-6-7-8-9-10-11-12-13-20-14-16-21(17-15-20)23-27-24(32-28-23)22-18-29(19-22)25(30)31-26(2,3)4/h14-17,22H,5-13,18-19H2,1-4H3. The molecule has 6 heteroatoms. The summed E-state index contributed by atoms with van der Waals surface area (Å²) in [5, 5.41) is 4.14. The number of ether oxygens (including phenoxy) is 1. The van der Waals surface area contributed by atoms with E-state index in [0.717, 1.165) is 12.0 Å². The van der Waals surface area contributed by atoms with Gasteiger partial charge in [-0.25, -0.2) is 4.79 Å². The fourth-order valence-electron chi connectivity index (χ4n) is 3.91. The van der Waals surface area contributed by atoms with Gasteiger partial charge in [-0.05, 0) is 39.2 Å². The van der Waals surface area contributed by atoms with Gasteiger partial charge < -0.3 is 14.2 Å². The lowest BCUT2D eigenvalue weighted by atomic mass is 10.0. The highest BCUT2D eigenvalue weighted by Gasteiger charge is 2.37. The number of benzene rings is 1. The van der Waals surface area contributed by atoms with Crippen LogP contribution < -0.4 is 0 Å². The van der Waals surface area contributed by atoms with Crippen molar-refractivity contribution in [1.29, 1.82) is 0 Å². The second kappa shape index (κ2) is 11.5. The predicted octanol–water partition coefficient (Wildman–Crippen LogP) is 6.75. The van der Waals surface area contributed by atoms with Crippen LogP contribution in [0.25, 0.3) is 11.4 Å². The minimum Gasteiger partial charge on any atom is -0.444 e. The topological polar surface area (TPSA) is 68.5 Å². The molecule has 0 aliphatic carbocycles. The molecule has 0 bridgehead atoms. The lowest BCUT2D eigenvalue weighted by Crippen LogP contribution is -2.50. The third-order valence-electron chi connectivity index (χ3n) is 5.86. The van der Waals surface area contributed by atoms with Crippen molar-refractivity contribution >= 4 is 6.09 Å². The molecule has 0 spiro atoms. The minimum absolute atomic E-state index is 0.0741. The van der Waals surface area contributed by atoms with Gasteiger partial charge in [-0.3, -0.25) is 0 Å². The van der Waals surface area contributed by atoms with E-state index in [9.17, 15) is 4.79 Å². The monoisotopic (exact) mass is 441 g/mol. The van der Waals surface area contributed by atoms with Crippen molar-refractivity contribution in [2.45, 2.75) is 97.0 Å². The number of hydrogen-bond acceptors (Lipinski definition) is 5. The summed E-state index contributed by atoms with van der Waals surface area (Å²) in [5.74, 6) is 1.27. The molecular weight excluding hydrogens is 402 g/mol. The van der Waals surface area contributed by atoms with Crippen LogP contribution in [0.3, 0.4) is 0 Å². The average molecular weight is 442 g/mol. The summed E-state index contributed by atoms with van der Waals surface area (Å²) < 4.78 is 10.9. The van der Waals surface area contributed by atoms with Crippen LogP contribution in [0.15, 0.2) is 28.8 Å². The Morgan fingerprint density at radius 3 is 2.28 bits per heavy atom. The Morgan fingerprint density at radius 1 is 1.03 bits per heavy atom. The van der Waals surface area contributed by atoms with Gasteiger partial charge in [0, 0.05) is 18.7 Å². The van der Waals surface area contributed by atoms with Crippen LogP contribution in [-0.2, 0) is 11.2 Å². The molecule has 32 heavy (non-hydrogen) atoms. The quantitative estimate of drug-likeness (QED) is 0.361. The Balaban J connectivity index is 1.39. The smallest absolute Gasteiger partial charge is 0.410 e. The molecule has 2 aromatic rings. The van der Waals surface area contributed by atoms with Crippen LogP contribution in [0, 0.1) is 0 Å². The van der Waals surface area contributed by atoms with Gasteiger partial charge in [-0.2, -0.15) is 4.98 Å². The molecule has 2 heterocycles. The van der Waals surface area contributed by atoms with E-state index in [1.165, 1.54) is 56.9 Å². The number of unbranched alkanes of at least 4 members (excludes halogenated alkanes) is 7. The van der Waals surface area contributed by atoms with Gasteiger partial charge in [0.05, 0.1) is 5.92 Å². The van der Waals surface area contributed by atoms with Crippen molar-refractivity contribution in [3.05, 3.63) is 35.7 Å². The number of hydrogen-bond donors (Lipinski definition) is 0. The van der Waals surface area contributed by atoms with E-state index in [1.807, 2.05) is 20.8 Å². The van der Waals surface area contributed by atoms with Gasteiger partial charge in [0.2, 0.25) is 11.7 Å². The first kappa shape index (κ1) is 24.3. The lowest BCUT2D eigenvalue weighted by Gasteiger charge is -2.37. The molecule has 0 N–H and O–H groups in total. The summed E-state index contributed by atoms with van der Waals surface area (Å²) in [6.45, 7) is 8.97. The van der Waals surface area contributed by atoms with Crippen molar-refractivity contribution < 1.29 is 14.1 Å². The van der Waals surface area contributed by atoms with E-state index in [0.29, 0.717) is 24.8 Å². The van der Waals surface area contributed by atoms with E-state index in [4.69, 9.17) is 9.26 Å². The molecular formula is C26H39N3O3. The second-order valence-electron chi connectivity index (χ2n) is 9.96. The van der Waals surface area contributed by atoms with Gasteiger partial charge >= 0.3 is 6.09 Å². The van der Waals surface area contributed by atoms with Gasteiger partial charge in [0.15, 0.2) is 0 Å². The summed E-state index contributed by atoms with van der Waals surface area (Å²) in [6, 6.07) is 8.48. The third kappa shape index (κ3) is 7.35. The molecule has 0 radical (unpaired) electrons. The Bertz CT molecular complexity index is 833. The first-order chi connectivity index (χ1) is 15.4. The second-order valence-corrected chi connectivity index (χ2v) is 9.96. The van der Waals surface area contributed by atoms with Crippen LogP contribution in [0.1, 0.15) is 96.4 Å². The molecule has 1 saturated heterocycles. The first-order valence-corrected chi connectivity index (χ1v) is 12.3. The first-order valence-electron chi connectivity index (χ1n) is 12.3. The maximum atomic E-state index is 12.1. The molecule has 1 aliphatic rings. The highest BCUT2D eigenvalue weighted by molar-refractivity contribution is 5.69. The highest BCUT2D eigenvalue weighted by Crippen LogP contribution is 2.29. The fourth-order valence-corrected chi connectivity index (χ4v) is 3.91. The number of amides is 1. The van der Waals surface area contributed by atoms with Crippen LogP contribution in [0.5, 0.6) is 0 Å². The zero-order valence-corrected chi connectivity index (χ0v) is 20.2. The van der Waals surface area contributed by atoms with Crippen LogP contribution in [0.4, 0.5) is 4.79 Å². The Kier molecular flexibility index (Phi) is 8.71. The predicted molar refractivity (Wildman–Crippen MR) is 127 cm³/mol. The molecule has 0 atom stereocenters. The Morgan fingerprint density at radius 2 is 1.66 bits per heavy atom. The van der Waals surface area contributed by atoms with Crippen LogP contribution >= 0.6 is 0 Å². The van der Waals surface area contributed by atoms with Gasteiger partial charge in [0.25, 0.3) is 0 Å². The maximum absolute atomic E-state index is 12.1. The Hall–Kier alpha value is -2.37. The summed E-state index contributed by atoms with van der Waals surface area (Å²) in [5.41, 5.74) is 1.83. The molecule has 176 valence electrons. The van der Waals surface area contributed by atoms with Crippen molar-refractivity contribution in [2.75, 3.05) is 13.1 Å². The minimum atomic E-state index is -0.486. The van der Waals surface area contributed by atoms with Crippen LogP contribution in [-0.4, -0.2) is 39.8 Å². The molecule has 3 rings (SSSR count). The number of rotatable bonds is 11. The molecule has 6 nitrogen and oxygen atoms in total. The Labute approximate surface area is 192 Å². The fraction of sp³-hybridized carbons (Fsp3) is 0.654. The number of carbonyl (C=O) groups is 1. The maximum Gasteiger partial charge on any atom is 0.410 e. The number of aryl methyl sites for hydroxylation is 1. The zero-order valence-electron chi connectivity index (χ0n) is 20.2. The largest absolute Gasteiger partial charge is 0.444 e. The average Bonchev–Trinajstić information content (AvgIpc) is 3.17. The summed E-state index contributed by atoms with van der Waals surface area (Å²) in [6.07, 6.45) is 11.6. The lowest BCUT2D eigenvalue weighted by molar-refractivity contribution is 0.00558. The van der Waals surface area contributed by atoms with Crippen molar-refractivity contribution in [2.24, 2.45) is 0 Å². The van der Waals surface area contributed by atoms with Crippen molar-refractivity contribution in [3.8, 4) is 11.4 Å². The van der Waals surface area contributed by atoms with Crippen LogP contribution in [0.2, 0.25) is 0 Å². The summed E-state index contributed by atoms with van der Waals surface area (Å²) in [4.78, 5) is 18.3. The molecule has 1 aliphatic heterocycles.